The van der Waals surface area contributed by atoms with Gasteiger partial charge in [-0.3, -0.25) is 14.5 Å². The lowest BCUT2D eigenvalue weighted by Gasteiger charge is -2.35. The molecule has 2 aliphatic rings. The van der Waals surface area contributed by atoms with Gasteiger partial charge in [0.15, 0.2) is 0 Å². The minimum absolute atomic E-state index is 0. The number of fused-ring (bicyclic) bond motifs is 1. The molecule has 6 nitrogen and oxygen atoms in total. The highest BCUT2D eigenvalue weighted by atomic mass is 35.5. The molecule has 0 spiro atoms. The SMILES string of the molecule is Cl.O=C(c1ccc2c(c1)CCC(=O)N2Cc1ccccc1)N1CCN(CCOc2ccccc2)CC1. The minimum atomic E-state index is 0. The number of hydrogen-bond donors (Lipinski definition) is 0. The Morgan fingerprint density at radius 1 is 0.833 bits per heavy atom. The van der Waals surface area contributed by atoms with E-state index < -0.39 is 0 Å². The highest BCUT2D eigenvalue weighted by molar-refractivity contribution is 5.99. The van der Waals surface area contributed by atoms with Crippen molar-refractivity contribution in [2.75, 3.05) is 44.2 Å². The van der Waals surface area contributed by atoms with E-state index in [-0.39, 0.29) is 24.2 Å². The fourth-order valence-corrected chi connectivity index (χ4v) is 4.80. The summed E-state index contributed by atoms with van der Waals surface area (Å²) in [6.45, 7) is 5.14. The Hall–Kier alpha value is -3.35. The fourth-order valence-electron chi connectivity index (χ4n) is 4.80. The first-order chi connectivity index (χ1) is 17.2. The van der Waals surface area contributed by atoms with E-state index in [4.69, 9.17) is 4.74 Å². The standard InChI is InChI=1S/C29H31N3O3.ClH/c33-28-14-12-24-21-25(11-13-27(24)32(28)22-23-7-3-1-4-8-23)29(34)31-17-15-30(16-18-31)19-20-35-26-9-5-2-6-10-26;/h1-11,13,21H,12,14-20,22H2;1H. The van der Waals surface area contributed by atoms with Gasteiger partial charge in [-0.15, -0.1) is 12.4 Å². The predicted molar refractivity (Wildman–Crippen MR) is 144 cm³/mol. The molecule has 1 saturated heterocycles. The molecule has 1 fully saturated rings. The molecule has 0 aliphatic carbocycles. The zero-order chi connectivity index (χ0) is 24.0. The molecule has 2 heterocycles. The third kappa shape index (κ3) is 6.07. The van der Waals surface area contributed by atoms with Gasteiger partial charge < -0.3 is 14.5 Å². The smallest absolute Gasteiger partial charge is 0.253 e. The molecule has 0 saturated carbocycles. The Bertz CT molecular complexity index is 1160. The number of rotatable bonds is 7. The third-order valence-electron chi connectivity index (χ3n) is 6.79. The van der Waals surface area contributed by atoms with Crippen molar-refractivity contribution < 1.29 is 14.3 Å². The van der Waals surface area contributed by atoms with E-state index in [1.165, 1.54) is 0 Å². The summed E-state index contributed by atoms with van der Waals surface area (Å²) in [7, 11) is 0. The summed E-state index contributed by atoms with van der Waals surface area (Å²) in [4.78, 5) is 32.0. The minimum Gasteiger partial charge on any atom is -0.492 e. The van der Waals surface area contributed by atoms with E-state index in [9.17, 15) is 9.59 Å². The maximum Gasteiger partial charge on any atom is 0.253 e. The Morgan fingerprint density at radius 2 is 1.53 bits per heavy atom. The van der Waals surface area contributed by atoms with Crippen molar-refractivity contribution in [1.29, 1.82) is 0 Å². The van der Waals surface area contributed by atoms with Gasteiger partial charge in [0, 0.05) is 50.4 Å². The molecule has 0 aromatic heterocycles. The summed E-state index contributed by atoms with van der Waals surface area (Å²) < 4.78 is 5.81. The molecule has 3 aromatic carbocycles. The van der Waals surface area contributed by atoms with Gasteiger partial charge in [-0.05, 0) is 47.9 Å². The molecule has 0 atom stereocenters. The molecule has 0 radical (unpaired) electrons. The van der Waals surface area contributed by atoms with Crippen LogP contribution in [0, 0.1) is 0 Å². The molecule has 3 aromatic rings. The van der Waals surface area contributed by atoms with Gasteiger partial charge in [0.1, 0.15) is 12.4 Å². The van der Waals surface area contributed by atoms with Gasteiger partial charge in [0.25, 0.3) is 5.91 Å². The van der Waals surface area contributed by atoms with Crippen molar-refractivity contribution in [2.24, 2.45) is 0 Å². The van der Waals surface area contributed by atoms with Crippen molar-refractivity contribution >= 4 is 29.9 Å². The Balaban J connectivity index is 0.00000304. The molecule has 0 unspecified atom stereocenters. The van der Waals surface area contributed by atoms with Gasteiger partial charge in [0.05, 0.1) is 6.54 Å². The number of amides is 2. The molecule has 2 amide bonds. The van der Waals surface area contributed by atoms with Crippen molar-refractivity contribution in [3.05, 3.63) is 95.6 Å². The van der Waals surface area contributed by atoms with Gasteiger partial charge in [-0.1, -0.05) is 48.5 Å². The lowest BCUT2D eigenvalue weighted by atomic mass is 9.97. The van der Waals surface area contributed by atoms with Crippen molar-refractivity contribution in [3.8, 4) is 5.75 Å². The average molecular weight is 506 g/mol. The van der Waals surface area contributed by atoms with Crippen molar-refractivity contribution in [1.82, 2.24) is 9.80 Å². The summed E-state index contributed by atoms with van der Waals surface area (Å²) in [6.07, 6.45) is 1.15. The van der Waals surface area contributed by atoms with E-state index in [0.717, 1.165) is 42.2 Å². The summed E-state index contributed by atoms with van der Waals surface area (Å²) >= 11 is 0. The zero-order valence-electron chi connectivity index (χ0n) is 20.3. The Morgan fingerprint density at radius 3 is 2.25 bits per heavy atom. The average Bonchev–Trinajstić information content (AvgIpc) is 2.91. The predicted octanol–water partition coefficient (Wildman–Crippen LogP) is 4.42. The first-order valence-corrected chi connectivity index (χ1v) is 12.3. The maximum absolute atomic E-state index is 13.2. The highest BCUT2D eigenvalue weighted by Crippen LogP contribution is 2.30. The first kappa shape index (κ1) is 25.7. The molecule has 5 rings (SSSR count). The lowest BCUT2D eigenvalue weighted by molar-refractivity contribution is -0.119. The van der Waals surface area contributed by atoms with Crippen LogP contribution in [0.4, 0.5) is 5.69 Å². The first-order valence-electron chi connectivity index (χ1n) is 12.3. The number of aryl methyl sites for hydroxylation is 1. The topological polar surface area (TPSA) is 53.1 Å². The number of ether oxygens (including phenoxy) is 1. The Kier molecular flexibility index (Phi) is 8.62. The molecule has 2 aliphatic heterocycles. The second kappa shape index (κ2) is 12.1. The number of carbonyl (C=O) groups is 2. The third-order valence-corrected chi connectivity index (χ3v) is 6.79. The van der Waals surface area contributed by atoms with Crippen LogP contribution >= 0.6 is 12.4 Å². The van der Waals surface area contributed by atoms with Crippen LogP contribution < -0.4 is 9.64 Å². The fraction of sp³-hybridized carbons (Fsp3) is 0.310. The van der Waals surface area contributed by atoms with Crippen LogP contribution in [0.1, 0.15) is 27.9 Å². The molecule has 7 heteroatoms. The summed E-state index contributed by atoms with van der Waals surface area (Å²) in [5.41, 5.74) is 3.80. The van der Waals surface area contributed by atoms with E-state index in [1.807, 2.05) is 88.7 Å². The summed E-state index contributed by atoms with van der Waals surface area (Å²) in [5, 5.41) is 0. The van der Waals surface area contributed by atoms with Crippen LogP contribution in [-0.4, -0.2) is 60.9 Å². The number of anilines is 1. The van der Waals surface area contributed by atoms with E-state index in [2.05, 4.69) is 4.90 Å². The molecular formula is C29H32ClN3O3. The number of nitrogens with zero attached hydrogens (tertiary/aromatic N) is 3. The van der Waals surface area contributed by atoms with Crippen LogP contribution in [-0.2, 0) is 17.8 Å². The van der Waals surface area contributed by atoms with Crippen LogP contribution in [0.2, 0.25) is 0 Å². The van der Waals surface area contributed by atoms with Crippen molar-refractivity contribution in [2.45, 2.75) is 19.4 Å². The summed E-state index contributed by atoms with van der Waals surface area (Å²) in [5.74, 6) is 1.09. The van der Waals surface area contributed by atoms with Crippen LogP contribution in [0.15, 0.2) is 78.9 Å². The lowest BCUT2D eigenvalue weighted by Crippen LogP contribution is -2.49. The molecular weight excluding hydrogens is 474 g/mol. The number of piperazine rings is 1. The largest absolute Gasteiger partial charge is 0.492 e. The zero-order valence-corrected chi connectivity index (χ0v) is 21.2. The molecule has 0 N–H and O–H groups in total. The van der Waals surface area contributed by atoms with E-state index >= 15 is 0 Å². The quantitative estimate of drug-likeness (QED) is 0.477. The van der Waals surface area contributed by atoms with Gasteiger partial charge in [0.2, 0.25) is 5.91 Å². The van der Waals surface area contributed by atoms with Crippen molar-refractivity contribution in [3.63, 3.8) is 0 Å². The van der Waals surface area contributed by atoms with E-state index in [0.29, 0.717) is 44.6 Å². The number of para-hydroxylation sites is 1. The van der Waals surface area contributed by atoms with Crippen LogP contribution in [0.5, 0.6) is 5.75 Å². The van der Waals surface area contributed by atoms with Gasteiger partial charge in [-0.25, -0.2) is 0 Å². The summed E-state index contributed by atoms with van der Waals surface area (Å²) in [6, 6.07) is 25.7. The monoisotopic (exact) mass is 505 g/mol. The Labute approximate surface area is 218 Å². The molecule has 188 valence electrons. The van der Waals surface area contributed by atoms with Crippen LogP contribution in [0.25, 0.3) is 0 Å². The van der Waals surface area contributed by atoms with Gasteiger partial charge >= 0.3 is 0 Å². The number of benzene rings is 3. The number of carbonyl (C=O) groups excluding carboxylic acids is 2. The second-order valence-electron chi connectivity index (χ2n) is 9.10. The second-order valence-corrected chi connectivity index (χ2v) is 9.10. The van der Waals surface area contributed by atoms with Crippen LogP contribution in [0.3, 0.4) is 0 Å². The van der Waals surface area contributed by atoms with Gasteiger partial charge in [-0.2, -0.15) is 0 Å². The number of halogens is 1. The normalized spacial score (nSPS) is 15.7. The molecule has 36 heavy (non-hydrogen) atoms. The highest BCUT2D eigenvalue weighted by Gasteiger charge is 2.27. The van der Waals surface area contributed by atoms with E-state index in [1.54, 1.807) is 0 Å². The maximum atomic E-state index is 13.2. The number of hydrogen-bond acceptors (Lipinski definition) is 4. The molecule has 0 bridgehead atoms.